The first kappa shape index (κ1) is 18.1. The second-order valence-electron chi connectivity index (χ2n) is 5.08. The maximum absolute atomic E-state index is 10.9. The molecule has 0 aromatic carbocycles. The van der Waals surface area contributed by atoms with E-state index in [0.717, 1.165) is 38.9 Å². The zero-order valence-corrected chi connectivity index (χ0v) is 13.4. The molecule has 0 amide bonds. The van der Waals surface area contributed by atoms with Crippen LogP contribution in [0.3, 0.4) is 0 Å². The summed E-state index contributed by atoms with van der Waals surface area (Å²) in [6.07, 6.45) is 5.60. The number of unbranched alkanes of at least 4 members (excludes halogenated alkanes) is 3. The zero-order chi connectivity index (χ0) is 16.4. The van der Waals surface area contributed by atoms with Crippen LogP contribution in [0.1, 0.15) is 39.5 Å². The molecule has 1 aromatic rings. The minimum atomic E-state index is -0.554. The van der Waals surface area contributed by atoms with E-state index in [1.165, 1.54) is 12.7 Å². The van der Waals surface area contributed by atoms with Crippen LogP contribution >= 0.6 is 0 Å². The molecule has 0 fully saturated rings. The van der Waals surface area contributed by atoms with E-state index < -0.39 is 4.92 Å². The molecule has 8 heteroatoms. The van der Waals surface area contributed by atoms with E-state index in [4.69, 9.17) is 5.73 Å². The van der Waals surface area contributed by atoms with Crippen molar-refractivity contribution in [3.05, 3.63) is 16.4 Å². The molecule has 0 aliphatic heterocycles. The Morgan fingerprint density at radius 3 is 2.55 bits per heavy atom. The molecule has 0 aliphatic rings. The summed E-state index contributed by atoms with van der Waals surface area (Å²) in [5.74, 6) is 0.0855. The van der Waals surface area contributed by atoms with Gasteiger partial charge in [0.2, 0.25) is 11.6 Å². The lowest BCUT2D eigenvalue weighted by molar-refractivity contribution is -0.383. The van der Waals surface area contributed by atoms with E-state index in [2.05, 4.69) is 34.0 Å². The Hall–Kier alpha value is -1.96. The summed E-state index contributed by atoms with van der Waals surface area (Å²) in [6.45, 7) is 8.31. The van der Waals surface area contributed by atoms with Crippen LogP contribution in [0.5, 0.6) is 0 Å². The molecular weight excluding hydrogens is 284 g/mol. The van der Waals surface area contributed by atoms with Crippen LogP contribution in [-0.4, -0.2) is 46.0 Å². The normalized spacial score (nSPS) is 10.9. The summed E-state index contributed by atoms with van der Waals surface area (Å²) in [4.78, 5) is 20.3. The van der Waals surface area contributed by atoms with Gasteiger partial charge in [0.25, 0.3) is 0 Å². The lowest BCUT2D eigenvalue weighted by atomic mass is 10.2. The number of nitrogens with one attached hydrogen (secondary N) is 1. The van der Waals surface area contributed by atoms with E-state index >= 15 is 0 Å². The van der Waals surface area contributed by atoms with Crippen molar-refractivity contribution in [3.63, 3.8) is 0 Å². The summed E-state index contributed by atoms with van der Waals surface area (Å²) in [5, 5.41) is 13.9. The Balaban J connectivity index is 2.26. The molecule has 0 aliphatic carbocycles. The lowest BCUT2D eigenvalue weighted by Crippen LogP contribution is -2.23. The van der Waals surface area contributed by atoms with Gasteiger partial charge in [-0.25, -0.2) is 9.97 Å². The fourth-order valence-electron chi connectivity index (χ4n) is 2.26. The number of anilines is 2. The summed E-state index contributed by atoms with van der Waals surface area (Å²) in [6, 6.07) is 0. The molecule has 0 unspecified atom stereocenters. The number of nitro groups is 1. The van der Waals surface area contributed by atoms with E-state index in [0.29, 0.717) is 6.54 Å². The largest absolute Gasteiger partial charge is 0.378 e. The van der Waals surface area contributed by atoms with E-state index in [1.807, 2.05) is 0 Å². The van der Waals surface area contributed by atoms with Gasteiger partial charge >= 0.3 is 5.69 Å². The predicted octanol–water partition coefficient (Wildman–Crippen LogP) is 2.28. The molecule has 1 heterocycles. The summed E-state index contributed by atoms with van der Waals surface area (Å²) in [5.41, 5.74) is 5.26. The Labute approximate surface area is 131 Å². The van der Waals surface area contributed by atoms with Crippen molar-refractivity contribution in [2.24, 2.45) is 0 Å². The number of nitrogens with two attached hydrogens (primary N) is 1. The molecule has 0 saturated carbocycles. The average molecular weight is 310 g/mol. The van der Waals surface area contributed by atoms with Gasteiger partial charge in [-0.1, -0.05) is 26.7 Å². The first-order chi connectivity index (χ1) is 10.6. The van der Waals surface area contributed by atoms with Crippen molar-refractivity contribution in [2.75, 3.05) is 37.2 Å². The van der Waals surface area contributed by atoms with E-state index in [1.54, 1.807) is 0 Å². The second-order valence-corrected chi connectivity index (χ2v) is 5.08. The predicted molar refractivity (Wildman–Crippen MR) is 87.8 cm³/mol. The molecule has 0 atom stereocenters. The van der Waals surface area contributed by atoms with Crippen molar-refractivity contribution in [2.45, 2.75) is 39.5 Å². The van der Waals surface area contributed by atoms with Crippen LogP contribution in [0.4, 0.5) is 17.3 Å². The molecule has 22 heavy (non-hydrogen) atoms. The van der Waals surface area contributed by atoms with Gasteiger partial charge in [-0.15, -0.1) is 0 Å². The highest BCUT2D eigenvalue weighted by Gasteiger charge is 2.20. The van der Waals surface area contributed by atoms with Gasteiger partial charge in [0.1, 0.15) is 6.33 Å². The standard InChI is InChI=1S/C14H26N6O2/c1-3-19(4-2)10-8-6-5-7-9-16-14-12(20(21)22)13(15)17-11-18-14/h11H,3-10H2,1-2H3,(H3,15,16,17,18). The summed E-state index contributed by atoms with van der Waals surface area (Å²) >= 11 is 0. The third-order valence-electron chi connectivity index (χ3n) is 3.62. The van der Waals surface area contributed by atoms with Crippen LogP contribution in [-0.2, 0) is 0 Å². The van der Waals surface area contributed by atoms with Crippen molar-refractivity contribution in [3.8, 4) is 0 Å². The number of aromatic nitrogens is 2. The van der Waals surface area contributed by atoms with Crippen LogP contribution in [0, 0.1) is 10.1 Å². The topological polar surface area (TPSA) is 110 Å². The number of hydrogen-bond donors (Lipinski definition) is 2. The third-order valence-corrected chi connectivity index (χ3v) is 3.62. The fraction of sp³-hybridized carbons (Fsp3) is 0.714. The quantitative estimate of drug-likeness (QED) is 0.366. The van der Waals surface area contributed by atoms with E-state index in [9.17, 15) is 10.1 Å². The maximum Gasteiger partial charge on any atom is 0.352 e. The van der Waals surface area contributed by atoms with Crippen molar-refractivity contribution in [1.82, 2.24) is 14.9 Å². The van der Waals surface area contributed by atoms with Gasteiger partial charge in [-0.05, 0) is 32.5 Å². The van der Waals surface area contributed by atoms with Crippen LogP contribution in [0.15, 0.2) is 6.33 Å². The minimum absolute atomic E-state index is 0.110. The van der Waals surface area contributed by atoms with Gasteiger partial charge in [-0.3, -0.25) is 10.1 Å². The van der Waals surface area contributed by atoms with Gasteiger partial charge in [0.05, 0.1) is 4.92 Å². The van der Waals surface area contributed by atoms with Crippen molar-refractivity contribution in [1.29, 1.82) is 0 Å². The Morgan fingerprint density at radius 2 is 1.91 bits per heavy atom. The highest BCUT2D eigenvalue weighted by Crippen LogP contribution is 2.26. The fourth-order valence-corrected chi connectivity index (χ4v) is 2.26. The molecule has 0 bridgehead atoms. The Kier molecular flexibility index (Phi) is 8.13. The number of hydrogen-bond acceptors (Lipinski definition) is 7. The van der Waals surface area contributed by atoms with E-state index in [-0.39, 0.29) is 17.3 Å². The van der Waals surface area contributed by atoms with Gasteiger partial charge < -0.3 is 16.0 Å². The van der Waals surface area contributed by atoms with Gasteiger partial charge in [-0.2, -0.15) is 0 Å². The molecule has 1 aromatic heterocycles. The number of rotatable bonds is 11. The number of nitrogen functional groups attached to an aromatic ring is 1. The SMILES string of the molecule is CCN(CC)CCCCCCNc1ncnc(N)c1[N+](=O)[O-]. The van der Waals surface area contributed by atoms with Crippen LogP contribution in [0.25, 0.3) is 0 Å². The highest BCUT2D eigenvalue weighted by atomic mass is 16.6. The Bertz CT molecular complexity index is 465. The molecule has 8 nitrogen and oxygen atoms in total. The monoisotopic (exact) mass is 310 g/mol. The molecular formula is C14H26N6O2. The Morgan fingerprint density at radius 1 is 1.23 bits per heavy atom. The van der Waals surface area contributed by atoms with Crippen molar-refractivity contribution >= 4 is 17.3 Å². The summed E-state index contributed by atoms with van der Waals surface area (Å²) < 4.78 is 0. The second kappa shape index (κ2) is 9.88. The third kappa shape index (κ3) is 5.80. The molecule has 0 spiro atoms. The molecule has 0 saturated heterocycles. The lowest BCUT2D eigenvalue weighted by Gasteiger charge is -2.17. The average Bonchev–Trinajstić information content (AvgIpc) is 2.49. The molecule has 0 radical (unpaired) electrons. The first-order valence-electron chi connectivity index (χ1n) is 7.81. The number of nitrogens with zero attached hydrogens (tertiary/aromatic N) is 4. The van der Waals surface area contributed by atoms with Gasteiger partial charge in [0.15, 0.2) is 0 Å². The minimum Gasteiger partial charge on any atom is -0.378 e. The van der Waals surface area contributed by atoms with Gasteiger partial charge in [0, 0.05) is 6.54 Å². The smallest absolute Gasteiger partial charge is 0.352 e. The summed E-state index contributed by atoms with van der Waals surface area (Å²) in [7, 11) is 0. The molecule has 124 valence electrons. The molecule has 1 rings (SSSR count). The maximum atomic E-state index is 10.9. The first-order valence-corrected chi connectivity index (χ1v) is 7.81. The van der Waals surface area contributed by atoms with Crippen LogP contribution in [0.2, 0.25) is 0 Å². The van der Waals surface area contributed by atoms with Crippen molar-refractivity contribution < 1.29 is 4.92 Å². The highest BCUT2D eigenvalue weighted by molar-refractivity contribution is 5.67. The molecule has 3 N–H and O–H groups in total. The van der Waals surface area contributed by atoms with Crippen LogP contribution < -0.4 is 11.1 Å². The zero-order valence-electron chi connectivity index (χ0n) is 13.4.